The van der Waals surface area contributed by atoms with Gasteiger partial charge in [-0.2, -0.15) is 0 Å². The summed E-state index contributed by atoms with van der Waals surface area (Å²) >= 11 is 0. The van der Waals surface area contributed by atoms with Crippen molar-refractivity contribution in [3.63, 3.8) is 0 Å². The fraction of sp³-hybridized carbons (Fsp3) is 0.615. The lowest BCUT2D eigenvalue weighted by Crippen LogP contribution is -2.37. The molecular formula is C13H21N3O2. The lowest BCUT2D eigenvalue weighted by molar-refractivity contribution is -0.148. The highest BCUT2D eigenvalue weighted by Crippen LogP contribution is 2.27. The van der Waals surface area contributed by atoms with Gasteiger partial charge < -0.3 is 10.4 Å². The van der Waals surface area contributed by atoms with Gasteiger partial charge in [0.2, 0.25) is 0 Å². The van der Waals surface area contributed by atoms with E-state index < -0.39 is 11.4 Å². The van der Waals surface area contributed by atoms with Gasteiger partial charge in [-0.3, -0.25) is 9.78 Å². The van der Waals surface area contributed by atoms with E-state index in [4.69, 9.17) is 0 Å². The Morgan fingerprint density at radius 3 is 2.50 bits per heavy atom. The van der Waals surface area contributed by atoms with E-state index in [2.05, 4.69) is 15.3 Å². The summed E-state index contributed by atoms with van der Waals surface area (Å²) in [7, 11) is 0. The monoisotopic (exact) mass is 251 g/mol. The fourth-order valence-electron chi connectivity index (χ4n) is 1.84. The standard InChI is InChI=1S/C13H21N3O2/c1-5-13(6-2,12(17)18)8-15-11-10(4)14-7-9(3)16-11/h7H,5-6,8H2,1-4H3,(H,15,16)(H,17,18). The average Bonchev–Trinajstić information content (AvgIpc) is 2.35. The maximum absolute atomic E-state index is 11.4. The number of rotatable bonds is 6. The van der Waals surface area contributed by atoms with Gasteiger partial charge in [-0.05, 0) is 26.7 Å². The summed E-state index contributed by atoms with van der Waals surface area (Å²) in [5.74, 6) is -0.0965. The molecule has 0 aromatic carbocycles. The molecule has 1 aromatic rings. The molecule has 0 aliphatic carbocycles. The Kier molecular flexibility index (Phi) is 4.64. The second kappa shape index (κ2) is 5.80. The van der Waals surface area contributed by atoms with Gasteiger partial charge in [0, 0.05) is 12.7 Å². The van der Waals surface area contributed by atoms with E-state index in [1.54, 1.807) is 6.20 Å². The van der Waals surface area contributed by atoms with Crippen LogP contribution in [0.15, 0.2) is 6.20 Å². The number of aliphatic carboxylic acids is 1. The summed E-state index contributed by atoms with van der Waals surface area (Å²) in [4.78, 5) is 19.9. The molecule has 1 aromatic heterocycles. The maximum atomic E-state index is 11.4. The second-order valence-corrected chi connectivity index (χ2v) is 4.59. The van der Waals surface area contributed by atoms with E-state index in [0.717, 1.165) is 11.4 Å². The van der Waals surface area contributed by atoms with Gasteiger partial charge in [0.05, 0.1) is 16.8 Å². The number of hydrogen-bond acceptors (Lipinski definition) is 4. The van der Waals surface area contributed by atoms with Gasteiger partial charge in [-0.25, -0.2) is 4.98 Å². The van der Waals surface area contributed by atoms with Gasteiger partial charge in [0.1, 0.15) is 5.82 Å². The number of anilines is 1. The van der Waals surface area contributed by atoms with Crippen molar-refractivity contribution < 1.29 is 9.90 Å². The molecule has 0 atom stereocenters. The number of carboxylic acid groups (broad SMARTS) is 1. The zero-order valence-electron chi connectivity index (χ0n) is 11.4. The second-order valence-electron chi connectivity index (χ2n) is 4.59. The molecule has 0 aliphatic rings. The molecule has 0 aliphatic heterocycles. The predicted molar refractivity (Wildman–Crippen MR) is 70.6 cm³/mol. The van der Waals surface area contributed by atoms with Crippen LogP contribution in [0.25, 0.3) is 0 Å². The average molecular weight is 251 g/mol. The first-order valence-electron chi connectivity index (χ1n) is 6.22. The van der Waals surface area contributed by atoms with Gasteiger partial charge in [0.15, 0.2) is 0 Å². The van der Waals surface area contributed by atoms with Crippen LogP contribution in [0.2, 0.25) is 0 Å². The molecule has 100 valence electrons. The number of nitrogens with one attached hydrogen (secondary N) is 1. The Balaban J connectivity index is 2.85. The molecule has 0 spiro atoms. The molecule has 1 rings (SSSR count). The molecule has 0 saturated heterocycles. The van der Waals surface area contributed by atoms with E-state index in [1.807, 2.05) is 27.7 Å². The van der Waals surface area contributed by atoms with E-state index in [0.29, 0.717) is 25.2 Å². The van der Waals surface area contributed by atoms with E-state index in [-0.39, 0.29) is 0 Å². The van der Waals surface area contributed by atoms with Crippen LogP contribution in [0.3, 0.4) is 0 Å². The van der Waals surface area contributed by atoms with Crippen LogP contribution < -0.4 is 5.32 Å². The van der Waals surface area contributed by atoms with E-state index in [1.165, 1.54) is 0 Å². The SMILES string of the molecule is CCC(CC)(CNc1nc(C)cnc1C)C(=O)O. The zero-order chi connectivity index (χ0) is 13.8. The highest BCUT2D eigenvalue weighted by Gasteiger charge is 2.34. The van der Waals surface area contributed by atoms with Crippen LogP contribution in [-0.2, 0) is 4.79 Å². The number of carbonyl (C=O) groups is 1. The minimum Gasteiger partial charge on any atom is -0.481 e. The van der Waals surface area contributed by atoms with Gasteiger partial charge >= 0.3 is 5.97 Å². The van der Waals surface area contributed by atoms with Crippen LogP contribution in [0.1, 0.15) is 38.1 Å². The number of carboxylic acids is 1. The van der Waals surface area contributed by atoms with Crippen molar-refractivity contribution in [1.82, 2.24) is 9.97 Å². The van der Waals surface area contributed by atoms with E-state index >= 15 is 0 Å². The Bertz CT molecular complexity index is 428. The van der Waals surface area contributed by atoms with Gasteiger partial charge in [0.25, 0.3) is 0 Å². The molecule has 0 amide bonds. The quantitative estimate of drug-likeness (QED) is 0.812. The molecule has 0 fully saturated rings. The topological polar surface area (TPSA) is 75.1 Å². The lowest BCUT2D eigenvalue weighted by Gasteiger charge is -2.27. The third kappa shape index (κ3) is 2.97. The summed E-state index contributed by atoms with van der Waals surface area (Å²) in [6.07, 6.45) is 2.87. The largest absolute Gasteiger partial charge is 0.481 e. The Labute approximate surface area is 108 Å². The van der Waals surface area contributed by atoms with Gasteiger partial charge in [-0.1, -0.05) is 13.8 Å². The maximum Gasteiger partial charge on any atom is 0.311 e. The van der Waals surface area contributed by atoms with Crippen molar-refractivity contribution in [1.29, 1.82) is 0 Å². The number of aromatic nitrogens is 2. The van der Waals surface area contributed by atoms with Crippen LogP contribution >= 0.6 is 0 Å². The molecule has 0 saturated carbocycles. The van der Waals surface area contributed by atoms with Crippen LogP contribution in [-0.4, -0.2) is 27.6 Å². The Morgan fingerprint density at radius 2 is 2.00 bits per heavy atom. The molecule has 5 nitrogen and oxygen atoms in total. The van der Waals surface area contributed by atoms with Crippen molar-refractivity contribution in [2.45, 2.75) is 40.5 Å². The van der Waals surface area contributed by atoms with Crippen LogP contribution in [0, 0.1) is 19.3 Å². The summed E-state index contributed by atoms with van der Waals surface area (Å²) < 4.78 is 0. The molecule has 2 N–H and O–H groups in total. The Hall–Kier alpha value is -1.65. The smallest absolute Gasteiger partial charge is 0.311 e. The first-order chi connectivity index (χ1) is 8.45. The van der Waals surface area contributed by atoms with Crippen LogP contribution in [0.4, 0.5) is 5.82 Å². The zero-order valence-corrected chi connectivity index (χ0v) is 11.4. The first-order valence-corrected chi connectivity index (χ1v) is 6.22. The predicted octanol–water partition coefficient (Wildman–Crippen LogP) is 2.40. The molecule has 0 bridgehead atoms. The third-order valence-corrected chi connectivity index (χ3v) is 3.48. The minimum absolute atomic E-state index is 0.369. The third-order valence-electron chi connectivity index (χ3n) is 3.48. The van der Waals surface area contributed by atoms with Crippen molar-refractivity contribution in [2.24, 2.45) is 5.41 Å². The molecule has 0 radical (unpaired) electrons. The fourth-order valence-corrected chi connectivity index (χ4v) is 1.84. The van der Waals surface area contributed by atoms with Gasteiger partial charge in [-0.15, -0.1) is 0 Å². The normalized spacial score (nSPS) is 11.3. The molecule has 0 unspecified atom stereocenters. The number of nitrogens with zero attached hydrogens (tertiary/aromatic N) is 2. The number of aryl methyl sites for hydroxylation is 2. The summed E-state index contributed by atoms with van der Waals surface area (Å²) in [6.45, 7) is 7.88. The molecule has 1 heterocycles. The van der Waals surface area contributed by atoms with Crippen molar-refractivity contribution in [2.75, 3.05) is 11.9 Å². The van der Waals surface area contributed by atoms with Crippen molar-refractivity contribution in [3.8, 4) is 0 Å². The van der Waals surface area contributed by atoms with Crippen LogP contribution in [0.5, 0.6) is 0 Å². The Morgan fingerprint density at radius 1 is 1.39 bits per heavy atom. The highest BCUT2D eigenvalue weighted by atomic mass is 16.4. The minimum atomic E-state index is -0.765. The molecule has 5 heteroatoms. The molecular weight excluding hydrogens is 230 g/mol. The molecule has 18 heavy (non-hydrogen) atoms. The highest BCUT2D eigenvalue weighted by molar-refractivity contribution is 5.75. The summed E-state index contributed by atoms with van der Waals surface area (Å²) in [5, 5.41) is 12.5. The lowest BCUT2D eigenvalue weighted by atomic mass is 9.82. The van der Waals surface area contributed by atoms with Crippen molar-refractivity contribution >= 4 is 11.8 Å². The van der Waals surface area contributed by atoms with Crippen molar-refractivity contribution in [3.05, 3.63) is 17.6 Å². The number of hydrogen-bond donors (Lipinski definition) is 2. The summed E-state index contributed by atoms with van der Waals surface area (Å²) in [5.41, 5.74) is 0.863. The first kappa shape index (κ1) is 14.4. The summed E-state index contributed by atoms with van der Waals surface area (Å²) in [6, 6.07) is 0. The van der Waals surface area contributed by atoms with E-state index in [9.17, 15) is 9.90 Å².